The van der Waals surface area contributed by atoms with Gasteiger partial charge in [0.15, 0.2) is 5.82 Å². The number of benzene rings is 2. The highest BCUT2D eigenvalue weighted by Crippen LogP contribution is 2.31. The Kier molecular flexibility index (Phi) is 6.51. The van der Waals surface area contributed by atoms with Crippen molar-refractivity contribution >= 4 is 29.0 Å². The summed E-state index contributed by atoms with van der Waals surface area (Å²) in [5, 5.41) is 16.4. The van der Waals surface area contributed by atoms with Gasteiger partial charge in [0.1, 0.15) is 17.0 Å². The van der Waals surface area contributed by atoms with Gasteiger partial charge >= 0.3 is 0 Å². The van der Waals surface area contributed by atoms with Crippen LogP contribution in [-0.4, -0.2) is 34.4 Å². The van der Waals surface area contributed by atoms with Crippen LogP contribution in [0.4, 0.5) is 11.5 Å². The van der Waals surface area contributed by atoms with E-state index in [0.717, 1.165) is 36.1 Å². The number of hydrogen-bond acceptors (Lipinski definition) is 6. The molecular weight excluding hydrogens is 462 g/mol. The first-order valence-corrected chi connectivity index (χ1v) is 12.1. The Bertz CT molecular complexity index is 1330. The molecule has 1 aliphatic rings. The summed E-state index contributed by atoms with van der Waals surface area (Å²) >= 11 is 6.31. The molecule has 3 heterocycles. The third kappa shape index (κ3) is 4.91. The van der Waals surface area contributed by atoms with Crippen molar-refractivity contribution in [2.45, 2.75) is 26.7 Å². The number of amides is 1. The number of carbonyl (C=O) groups is 1. The van der Waals surface area contributed by atoms with E-state index in [0.29, 0.717) is 33.3 Å². The molecule has 1 saturated heterocycles. The zero-order chi connectivity index (χ0) is 24.4. The second-order valence-electron chi connectivity index (χ2n) is 8.92. The quantitative estimate of drug-likeness (QED) is 0.358. The average Bonchev–Trinajstić information content (AvgIpc) is 3.26. The molecule has 1 fully saturated rings. The van der Waals surface area contributed by atoms with Gasteiger partial charge in [-0.3, -0.25) is 4.79 Å². The minimum absolute atomic E-state index is 0.314. The summed E-state index contributed by atoms with van der Waals surface area (Å²) in [5.41, 5.74) is 3.78. The molecule has 0 spiro atoms. The van der Waals surface area contributed by atoms with Crippen LogP contribution in [0.25, 0.3) is 22.5 Å². The first-order valence-electron chi connectivity index (χ1n) is 11.7. The van der Waals surface area contributed by atoms with Crippen molar-refractivity contribution in [3.8, 4) is 22.5 Å². The van der Waals surface area contributed by atoms with Gasteiger partial charge in [-0.2, -0.15) is 0 Å². The SMILES string of the molecule is Cc1onc(-c2ccccc2Cl)c1C(=O)Nc1ccc(-c2ccc(N3CCC(C)CC3)nn2)cc1. The van der Waals surface area contributed by atoms with Crippen LogP contribution in [0.15, 0.2) is 65.2 Å². The highest BCUT2D eigenvalue weighted by atomic mass is 35.5. The Morgan fingerprint density at radius 1 is 1.03 bits per heavy atom. The molecule has 1 aliphatic heterocycles. The van der Waals surface area contributed by atoms with E-state index in [9.17, 15) is 4.79 Å². The van der Waals surface area contributed by atoms with Gasteiger partial charge in [0.05, 0.1) is 10.7 Å². The maximum atomic E-state index is 13.1. The number of piperidine rings is 1. The molecule has 1 amide bonds. The number of aromatic nitrogens is 3. The summed E-state index contributed by atoms with van der Waals surface area (Å²) in [5.74, 6) is 1.80. The van der Waals surface area contributed by atoms with Crippen LogP contribution in [0.2, 0.25) is 5.02 Å². The summed E-state index contributed by atoms with van der Waals surface area (Å²) in [6.45, 7) is 6.04. The van der Waals surface area contributed by atoms with Crippen LogP contribution in [0.1, 0.15) is 35.9 Å². The monoisotopic (exact) mass is 487 g/mol. The topological polar surface area (TPSA) is 84.2 Å². The Labute approximate surface area is 209 Å². The summed E-state index contributed by atoms with van der Waals surface area (Å²) < 4.78 is 5.31. The Hall–Kier alpha value is -3.71. The van der Waals surface area contributed by atoms with Gasteiger partial charge in [0, 0.05) is 29.9 Å². The fourth-order valence-corrected chi connectivity index (χ4v) is 4.51. The molecule has 178 valence electrons. The third-order valence-electron chi connectivity index (χ3n) is 6.42. The molecule has 5 rings (SSSR count). The molecule has 0 radical (unpaired) electrons. The second-order valence-corrected chi connectivity index (χ2v) is 9.33. The predicted octanol–water partition coefficient (Wildman–Crippen LogP) is 6.25. The first-order chi connectivity index (χ1) is 17.0. The van der Waals surface area contributed by atoms with Crippen LogP contribution in [0.5, 0.6) is 0 Å². The Balaban J connectivity index is 1.29. The molecule has 0 aliphatic carbocycles. The van der Waals surface area contributed by atoms with E-state index in [1.54, 1.807) is 13.0 Å². The lowest BCUT2D eigenvalue weighted by Gasteiger charge is -2.30. The average molecular weight is 488 g/mol. The van der Waals surface area contributed by atoms with E-state index in [1.165, 1.54) is 12.8 Å². The summed E-state index contributed by atoms with van der Waals surface area (Å²) in [6, 6.07) is 18.8. The fourth-order valence-electron chi connectivity index (χ4n) is 4.28. The highest BCUT2D eigenvalue weighted by Gasteiger charge is 2.23. The van der Waals surface area contributed by atoms with Crippen molar-refractivity contribution in [1.29, 1.82) is 0 Å². The minimum atomic E-state index is -0.314. The first kappa shape index (κ1) is 23.1. The maximum Gasteiger partial charge on any atom is 0.261 e. The van der Waals surface area contributed by atoms with Crippen molar-refractivity contribution < 1.29 is 9.32 Å². The van der Waals surface area contributed by atoms with Crippen molar-refractivity contribution in [2.75, 3.05) is 23.3 Å². The van der Waals surface area contributed by atoms with Gasteiger partial charge in [-0.05, 0) is 56.0 Å². The van der Waals surface area contributed by atoms with Gasteiger partial charge in [-0.25, -0.2) is 0 Å². The van der Waals surface area contributed by atoms with Gasteiger partial charge in [-0.15, -0.1) is 10.2 Å². The third-order valence-corrected chi connectivity index (χ3v) is 6.74. The van der Waals surface area contributed by atoms with Crippen LogP contribution in [0.3, 0.4) is 0 Å². The molecule has 7 nitrogen and oxygen atoms in total. The number of rotatable bonds is 5. The molecule has 8 heteroatoms. The van der Waals surface area contributed by atoms with E-state index in [2.05, 4.69) is 32.5 Å². The molecule has 0 bridgehead atoms. The van der Waals surface area contributed by atoms with Crippen molar-refractivity contribution in [1.82, 2.24) is 15.4 Å². The molecular formula is C27H26ClN5O2. The molecule has 0 saturated carbocycles. The van der Waals surface area contributed by atoms with Crippen molar-refractivity contribution in [3.63, 3.8) is 0 Å². The molecule has 2 aromatic carbocycles. The summed E-state index contributed by atoms with van der Waals surface area (Å²) in [6.07, 6.45) is 2.37. The van der Waals surface area contributed by atoms with E-state index in [1.807, 2.05) is 54.6 Å². The summed E-state index contributed by atoms with van der Waals surface area (Å²) in [7, 11) is 0. The van der Waals surface area contributed by atoms with Crippen LogP contribution in [0, 0.1) is 12.8 Å². The molecule has 35 heavy (non-hydrogen) atoms. The number of anilines is 2. The van der Waals surface area contributed by atoms with E-state index in [4.69, 9.17) is 16.1 Å². The lowest BCUT2D eigenvalue weighted by atomic mass is 9.99. The van der Waals surface area contributed by atoms with Crippen LogP contribution in [-0.2, 0) is 0 Å². The maximum absolute atomic E-state index is 13.1. The Morgan fingerprint density at radius 3 is 2.46 bits per heavy atom. The van der Waals surface area contributed by atoms with E-state index < -0.39 is 0 Å². The highest BCUT2D eigenvalue weighted by molar-refractivity contribution is 6.33. The van der Waals surface area contributed by atoms with Crippen molar-refractivity contribution in [2.24, 2.45) is 5.92 Å². The number of nitrogens with zero attached hydrogens (tertiary/aromatic N) is 4. The molecule has 2 aromatic heterocycles. The molecule has 0 atom stereocenters. The number of hydrogen-bond donors (Lipinski definition) is 1. The van der Waals surface area contributed by atoms with E-state index >= 15 is 0 Å². The van der Waals surface area contributed by atoms with Gasteiger partial charge in [-0.1, -0.05) is 54.0 Å². The number of aryl methyl sites for hydroxylation is 1. The Morgan fingerprint density at radius 2 is 1.77 bits per heavy atom. The molecule has 4 aromatic rings. The zero-order valence-electron chi connectivity index (χ0n) is 19.7. The largest absolute Gasteiger partial charge is 0.360 e. The van der Waals surface area contributed by atoms with Gasteiger partial charge in [0.2, 0.25) is 0 Å². The molecule has 1 N–H and O–H groups in total. The predicted molar refractivity (Wildman–Crippen MR) is 138 cm³/mol. The number of nitrogens with one attached hydrogen (secondary N) is 1. The fraction of sp³-hybridized carbons (Fsp3) is 0.259. The molecule has 0 unspecified atom stereocenters. The standard InChI is InChI=1S/C27H26ClN5O2/c1-17-13-15-33(16-14-17)24-12-11-23(30-31-24)19-7-9-20(10-8-19)29-27(34)25-18(2)35-32-26(25)21-5-3-4-6-22(21)28/h3-12,17H,13-16H2,1-2H3,(H,29,34). The summed E-state index contributed by atoms with van der Waals surface area (Å²) in [4.78, 5) is 15.4. The second kappa shape index (κ2) is 9.88. The lowest BCUT2D eigenvalue weighted by Crippen LogP contribution is -2.33. The number of carbonyl (C=O) groups excluding carboxylic acids is 1. The van der Waals surface area contributed by atoms with Gasteiger partial charge < -0.3 is 14.7 Å². The lowest BCUT2D eigenvalue weighted by molar-refractivity contribution is 0.102. The van der Waals surface area contributed by atoms with Crippen molar-refractivity contribution in [3.05, 3.63) is 77.0 Å². The van der Waals surface area contributed by atoms with Crippen LogP contribution >= 0.6 is 11.6 Å². The zero-order valence-corrected chi connectivity index (χ0v) is 20.4. The van der Waals surface area contributed by atoms with E-state index in [-0.39, 0.29) is 5.91 Å². The smallest absolute Gasteiger partial charge is 0.261 e. The number of halogens is 1. The van der Waals surface area contributed by atoms with Gasteiger partial charge in [0.25, 0.3) is 5.91 Å². The van der Waals surface area contributed by atoms with Crippen LogP contribution < -0.4 is 10.2 Å². The normalized spacial score (nSPS) is 14.2. The minimum Gasteiger partial charge on any atom is -0.360 e.